The number of likely N-dealkylation sites (N-methyl/N-ethyl adjacent to an activating group) is 2. The molecule has 1 aliphatic rings. The Hall–Kier alpha value is -0.590. The van der Waals surface area contributed by atoms with Crippen LogP contribution in [0.1, 0.15) is 26.2 Å². The second-order valence-electron chi connectivity index (χ2n) is 4.69. The summed E-state index contributed by atoms with van der Waals surface area (Å²) in [6.45, 7) is 2.97. The van der Waals surface area contributed by atoms with Gasteiger partial charge in [-0.2, -0.15) is 5.26 Å². The molecule has 0 N–H and O–H groups in total. The third kappa shape index (κ3) is 2.08. The minimum Gasteiger partial charge on any atom is -0.302 e. The molecule has 3 heteroatoms. The van der Waals surface area contributed by atoms with Crippen molar-refractivity contribution >= 4 is 0 Å². The maximum Gasteiger partial charge on any atom is 0.0947 e. The standard InChI is InChI=1S/C11H21N3/c1-10(8-12)14(4)9-11(13(2)3)6-5-7-11/h10H,5-7,9H2,1-4H3. The lowest BCUT2D eigenvalue weighted by molar-refractivity contribution is 0.0236. The first-order chi connectivity index (χ1) is 6.52. The third-order valence-electron chi connectivity index (χ3n) is 3.62. The highest BCUT2D eigenvalue weighted by molar-refractivity contribution is 5.00. The van der Waals surface area contributed by atoms with Gasteiger partial charge in [-0.15, -0.1) is 0 Å². The Balaban J connectivity index is 2.53. The molecule has 0 radical (unpaired) electrons. The average molecular weight is 195 g/mol. The molecular weight excluding hydrogens is 174 g/mol. The second kappa shape index (κ2) is 4.29. The fourth-order valence-electron chi connectivity index (χ4n) is 2.03. The topological polar surface area (TPSA) is 30.3 Å². The molecule has 1 unspecified atom stereocenters. The van der Waals surface area contributed by atoms with Crippen molar-refractivity contribution in [1.82, 2.24) is 9.80 Å². The predicted octanol–water partition coefficient (Wildman–Crippen LogP) is 1.31. The maximum absolute atomic E-state index is 8.83. The lowest BCUT2D eigenvalue weighted by Crippen LogP contribution is -2.57. The van der Waals surface area contributed by atoms with E-state index in [1.807, 2.05) is 14.0 Å². The molecule has 0 spiro atoms. The van der Waals surface area contributed by atoms with Crippen LogP contribution in [0, 0.1) is 11.3 Å². The molecule has 0 saturated heterocycles. The molecule has 0 bridgehead atoms. The summed E-state index contributed by atoms with van der Waals surface area (Å²) in [5, 5.41) is 8.83. The quantitative estimate of drug-likeness (QED) is 0.677. The summed E-state index contributed by atoms with van der Waals surface area (Å²) in [6, 6.07) is 2.30. The summed E-state index contributed by atoms with van der Waals surface area (Å²) in [5.74, 6) is 0. The molecule has 1 atom stereocenters. The zero-order valence-corrected chi connectivity index (χ0v) is 9.75. The average Bonchev–Trinajstić information content (AvgIpc) is 2.08. The van der Waals surface area contributed by atoms with E-state index in [1.165, 1.54) is 19.3 Å². The van der Waals surface area contributed by atoms with Crippen LogP contribution in [0.3, 0.4) is 0 Å². The van der Waals surface area contributed by atoms with E-state index in [2.05, 4.69) is 30.0 Å². The lowest BCUT2D eigenvalue weighted by atomic mass is 9.75. The summed E-state index contributed by atoms with van der Waals surface area (Å²) < 4.78 is 0. The van der Waals surface area contributed by atoms with Crippen molar-refractivity contribution in [3.63, 3.8) is 0 Å². The van der Waals surface area contributed by atoms with Crippen molar-refractivity contribution in [3.05, 3.63) is 0 Å². The van der Waals surface area contributed by atoms with Crippen LogP contribution in [0.5, 0.6) is 0 Å². The van der Waals surface area contributed by atoms with Gasteiger partial charge in [0.25, 0.3) is 0 Å². The van der Waals surface area contributed by atoms with Gasteiger partial charge in [0.15, 0.2) is 0 Å². The first-order valence-electron chi connectivity index (χ1n) is 5.29. The highest BCUT2D eigenvalue weighted by atomic mass is 15.2. The molecular formula is C11H21N3. The zero-order chi connectivity index (χ0) is 10.8. The number of rotatable bonds is 4. The van der Waals surface area contributed by atoms with E-state index in [9.17, 15) is 0 Å². The second-order valence-corrected chi connectivity index (χ2v) is 4.69. The Morgan fingerprint density at radius 3 is 2.21 bits per heavy atom. The minimum absolute atomic E-state index is 0.0208. The Kier molecular flexibility index (Phi) is 3.52. The van der Waals surface area contributed by atoms with Gasteiger partial charge in [0, 0.05) is 12.1 Å². The third-order valence-corrected chi connectivity index (χ3v) is 3.62. The number of hydrogen-bond acceptors (Lipinski definition) is 3. The van der Waals surface area contributed by atoms with Crippen LogP contribution in [0.25, 0.3) is 0 Å². The lowest BCUT2D eigenvalue weighted by Gasteiger charge is -2.49. The van der Waals surface area contributed by atoms with Crippen LogP contribution in [0.4, 0.5) is 0 Å². The van der Waals surface area contributed by atoms with Crippen molar-refractivity contribution in [1.29, 1.82) is 5.26 Å². The largest absolute Gasteiger partial charge is 0.302 e. The Morgan fingerprint density at radius 1 is 1.36 bits per heavy atom. The van der Waals surface area contributed by atoms with Crippen LogP contribution in [-0.4, -0.2) is 49.1 Å². The molecule has 0 heterocycles. The molecule has 0 aromatic heterocycles. The molecule has 14 heavy (non-hydrogen) atoms. The summed E-state index contributed by atoms with van der Waals surface area (Å²) >= 11 is 0. The molecule has 0 amide bonds. The molecule has 1 saturated carbocycles. The van der Waals surface area contributed by atoms with E-state index in [4.69, 9.17) is 5.26 Å². The summed E-state index contributed by atoms with van der Waals surface area (Å²) in [6.07, 6.45) is 3.86. The van der Waals surface area contributed by atoms with Crippen LogP contribution < -0.4 is 0 Å². The molecule has 1 fully saturated rings. The molecule has 80 valence electrons. The number of nitrogens with zero attached hydrogens (tertiary/aromatic N) is 3. The van der Waals surface area contributed by atoms with E-state index in [-0.39, 0.29) is 6.04 Å². The van der Waals surface area contributed by atoms with Crippen LogP contribution >= 0.6 is 0 Å². The first-order valence-corrected chi connectivity index (χ1v) is 5.29. The fourth-order valence-corrected chi connectivity index (χ4v) is 2.03. The van der Waals surface area contributed by atoms with E-state index in [0.717, 1.165) is 6.54 Å². The van der Waals surface area contributed by atoms with Crippen LogP contribution in [0.2, 0.25) is 0 Å². The highest BCUT2D eigenvalue weighted by Gasteiger charge is 2.40. The Labute approximate surface area is 87.3 Å². The Morgan fingerprint density at radius 2 is 1.93 bits per heavy atom. The molecule has 1 rings (SSSR count). The first kappa shape index (κ1) is 11.5. The maximum atomic E-state index is 8.83. The Bertz CT molecular complexity index is 225. The van der Waals surface area contributed by atoms with Gasteiger partial charge in [-0.25, -0.2) is 0 Å². The van der Waals surface area contributed by atoms with Crippen LogP contribution in [-0.2, 0) is 0 Å². The molecule has 0 aliphatic heterocycles. The van der Waals surface area contributed by atoms with E-state index in [1.54, 1.807) is 0 Å². The summed E-state index contributed by atoms with van der Waals surface area (Å²) in [7, 11) is 6.32. The van der Waals surface area contributed by atoms with Gasteiger partial charge in [0.2, 0.25) is 0 Å². The van der Waals surface area contributed by atoms with Gasteiger partial charge in [0.1, 0.15) is 0 Å². The van der Waals surface area contributed by atoms with E-state index < -0.39 is 0 Å². The molecule has 3 nitrogen and oxygen atoms in total. The number of nitriles is 1. The van der Waals surface area contributed by atoms with Crippen molar-refractivity contribution in [2.24, 2.45) is 0 Å². The van der Waals surface area contributed by atoms with Gasteiger partial charge in [-0.1, -0.05) is 0 Å². The minimum atomic E-state index is 0.0208. The van der Waals surface area contributed by atoms with Gasteiger partial charge < -0.3 is 4.90 Å². The molecule has 0 aromatic carbocycles. The van der Waals surface area contributed by atoms with Crippen molar-refractivity contribution in [2.45, 2.75) is 37.8 Å². The smallest absolute Gasteiger partial charge is 0.0947 e. The summed E-state index contributed by atoms with van der Waals surface area (Å²) in [5.41, 5.74) is 0.333. The zero-order valence-electron chi connectivity index (χ0n) is 9.75. The summed E-state index contributed by atoms with van der Waals surface area (Å²) in [4.78, 5) is 4.47. The van der Waals surface area contributed by atoms with Crippen molar-refractivity contribution in [2.75, 3.05) is 27.7 Å². The van der Waals surface area contributed by atoms with E-state index in [0.29, 0.717) is 5.54 Å². The van der Waals surface area contributed by atoms with Crippen LogP contribution in [0.15, 0.2) is 0 Å². The highest BCUT2D eigenvalue weighted by Crippen LogP contribution is 2.36. The normalized spacial score (nSPS) is 21.8. The van der Waals surface area contributed by atoms with Gasteiger partial charge in [-0.05, 0) is 47.3 Å². The number of hydrogen-bond donors (Lipinski definition) is 0. The van der Waals surface area contributed by atoms with Gasteiger partial charge in [0.05, 0.1) is 12.1 Å². The molecule has 1 aliphatic carbocycles. The van der Waals surface area contributed by atoms with Gasteiger partial charge in [-0.3, -0.25) is 4.90 Å². The fraction of sp³-hybridized carbons (Fsp3) is 0.909. The predicted molar refractivity (Wildman–Crippen MR) is 58.0 cm³/mol. The van der Waals surface area contributed by atoms with E-state index >= 15 is 0 Å². The monoisotopic (exact) mass is 195 g/mol. The van der Waals surface area contributed by atoms with Gasteiger partial charge >= 0.3 is 0 Å². The van der Waals surface area contributed by atoms with Crippen molar-refractivity contribution < 1.29 is 0 Å². The van der Waals surface area contributed by atoms with Crippen molar-refractivity contribution in [3.8, 4) is 6.07 Å². The SMILES string of the molecule is CC(C#N)N(C)CC1(N(C)C)CCC1. The molecule has 0 aromatic rings.